The van der Waals surface area contributed by atoms with Gasteiger partial charge in [0, 0.05) is 6.42 Å². The van der Waals surface area contributed by atoms with E-state index in [-0.39, 0.29) is 6.42 Å². The van der Waals surface area contributed by atoms with Crippen molar-refractivity contribution >= 4 is 16.7 Å². The number of benzene rings is 2. The van der Waals surface area contributed by atoms with E-state index in [2.05, 4.69) is 18.2 Å². The summed E-state index contributed by atoms with van der Waals surface area (Å²) < 4.78 is 5.67. The molecule has 3 heteroatoms. The summed E-state index contributed by atoms with van der Waals surface area (Å²) in [5.41, 5.74) is 0. The first-order valence-corrected chi connectivity index (χ1v) is 6.59. The molecule has 2 aromatic rings. The lowest BCUT2D eigenvalue weighted by Gasteiger charge is -2.07. The molecule has 0 heterocycles. The number of hydrogen-bond donors (Lipinski definition) is 1. The van der Waals surface area contributed by atoms with Crippen LogP contribution in [-0.2, 0) is 4.79 Å². The Labute approximate surface area is 112 Å². The Hall–Kier alpha value is -2.03. The van der Waals surface area contributed by atoms with Crippen molar-refractivity contribution in [1.82, 2.24) is 0 Å². The van der Waals surface area contributed by atoms with Gasteiger partial charge < -0.3 is 9.84 Å². The van der Waals surface area contributed by atoms with Crippen LogP contribution in [0.1, 0.15) is 25.7 Å². The van der Waals surface area contributed by atoms with Crippen LogP contribution in [0.25, 0.3) is 10.8 Å². The molecule has 100 valence electrons. The van der Waals surface area contributed by atoms with Gasteiger partial charge in [-0.2, -0.15) is 0 Å². The maximum atomic E-state index is 10.3. The number of carbonyl (C=O) groups is 1. The predicted octanol–water partition coefficient (Wildman–Crippen LogP) is 3.86. The quantitative estimate of drug-likeness (QED) is 0.767. The van der Waals surface area contributed by atoms with Crippen LogP contribution in [0.2, 0.25) is 0 Å². The maximum absolute atomic E-state index is 10.3. The summed E-state index contributed by atoms with van der Waals surface area (Å²) in [5, 5.41) is 10.9. The smallest absolute Gasteiger partial charge is 0.303 e. The van der Waals surface area contributed by atoms with Gasteiger partial charge in [-0.3, -0.25) is 4.79 Å². The molecule has 2 aromatic carbocycles. The standard InChI is InChI=1S/C16H18O3/c17-16(18)8-2-1-5-11-19-15-10-9-13-6-3-4-7-14(13)12-15/h3-4,6-7,9-10,12H,1-2,5,8,11H2,(H,17,18). The molecular weight excluding hydrogens is 240 g/mol. The van der Waals surface area contributed by atoms with Crippen LogP contribution < -0.4 is 4.74 Å². The fourth-order valence-corrected chi connectivity index (χ4v) is 2.00. The minimum Gasteiger partial charge on any atom is -0.494 e. The van der Waals surface area contributed by atoms with Crippen molar-refractivity contribution in [3.05, 3.63) is 42.5 Å². The fraction of sp³-hybridized carbons (Fsp3) is 0.312. The second-order valence-electron chi connectivity index (χ2n) is 4.56. The lowest BCUT2D eigenvalue weighted by atomic mass is 10.1. The van der Waals surface area contributed by atoms with E-state index in [1.54, 1.807) is 0 Å². The molecule has 0 bridgehead atoms. The van der Waals surface area contributed by atoms with Crippen molar-refractivity contribution in [2.24, 2.45) is 0 Å². The summed E-state index contributed by atoms with van der Waals surface area (Å²) in [6.45, 7) is 0.637. The minimum absolute atomic E-state index is 0.246. The highest BCUT2D eigenvalue weighted by molar-refractivity contribution is 5.83. The summed E-state index contributed by atoms with van der Waals surface area (Å²) in [5.74, 6) is 0.146. The number of fused-ring (bicyclic) bond motifs is 1. The Morgan fingerprint density at radius 3 is 2.58 bits per heavy atom. The van der Waals surface area contributed by atoms with E-state index >= 15 is 0 Å². The predicted molar refractivity (Wildman–Crippen MR) is 75.5 cm³/mol. The molecule has 0 spiro atoms. The van der Waals surface area contributed by atoms with Gasteiger partial charge in [0.2, 0.25) is 0 Å². The molecule has 0 fully saturated rings. The summed E-state index contributed by atoms with van der Waals surface area (Å²) in [6, 6.07) is 14.2. The Balaban J connectivity index is 1.77. The molecule has 3 nitrogen and oxygen atoms in total. The van der Waals surface area contributed by atoms with Crippen LogP contribution in [0.3, 0.4) is 0 Å². The van der Waals surface area contributed by atoms with E-state index in [1.807, 2.05) is 24.3 Å². The minimum atomic E-state index is -0.726. The number of carboxylic acid groups (broad SMARTS) is 1. The van der Waals surface area contributed by atoms with Crippen LogP contribution >= 0.6 is 0 Å². The molecule has 0 radical (unpaired) electrons. The number of unbranched alkanes of at least 4 members (excludes halogenated alkanes) is 2. The molecule has 0 saturated carbocycles. The molecular formula is C16H18O3. The second-order valence-corrected chi connectivity index (χ2v) is 4.56. The van der Waals surface area contributed by atoms with Gasteiger partial charge in [-0.05, 0) is 42.2 Å². The first-order valence-electron chi connectivity index (χ1n) is 6.59. The van der Waals surface area contributed by atoms with Gasteiger partial charge in [0.25, 0.3) is 0 Å². The highest BCUT2D eigenvalue weighted by Gasteiger charge is 1.99. The van der Waals surface area contributed by atoms with E-state index in [1.165, 1.54) is 10.8 Å². The number of aliphatic carboxylic acids is 1. The molecule has 0 aliphatic carbocycles. The van der Waals surface area contributed by atoms with Gasteiger partial charge in [0.05, 0.1) is 6.61 Å². The van der Waals surface area contributed by atoms with E-state index in [9.17, 15) is 4.79 Å². The molecule has 0 aliphatic heterocycles. The summed E-state index contributed by atoms with van der Waals surface area (Å²) in [4.78, 5) is 10.3. The van der Waals surface area contributed by atoms with Crippen LogP contribution in [0.15, 0.2) is 42.5 Å². The normalized spacial score (nSPS) is 10.5. The SMILES string of the molecule is O=C(O)CCCCCOc1ccc2ccccc2c1. The highest BCUT2D eigenvalue weighted by atomic mass is 16.5. The van der Waals surface area contributed by atoms with Crippen molar-refractivity contribution in [1.29, 1.82) is 0 Å². The summed E-state index contributed by atoms with van der Waals surface area (Å²) in [6.07, 6.45) is 2.74. The van der Waals surface area contributed by atoms with Crippen molar-refractivity contribution < 1.29 is 14.6 Å². The molecule has 0 unspecified atom stereocenters. The Kier molecular flexibility index (Phi) is 4.78. The monoisotopic (exact) mass is 258 g/mol. The third kappa shape index (κ3) is 4.28. The molecule has 0 atom stereocenters. The molecule has 0 amide bonds. The van der Waals surface area contributed by atoms with Crippen molar-refractivity contribution in [2.75, 3.05) is 6.61 Å². The van der Waals surface area contributed by atoms with Gasteiger partial charge >= 0.3 is 5.97 Å². The molecule has 0 aliphatic rings. The van der Waals surface area contributed by atoms with E-state index in [0.717, 1.165) is 25.0 Å². The molecule has 0 saturated heterocycles. The third-order valence-electron chi connectivity index (χ3n) is 3.02. The number of ether oxygens (including phenoxy) is 1. The third-order valence-corrected chi connectivity index (χ3v) is 3.02. The van der Waals surface area contributed by atoms with Crippen LogP contribution in [0.4, 0.5) is 0 Å². The summed E-state index contributed by atoms with van der Waals surface area (Å²) in [7, 11) is 0. The first-order chi connectivity index (χ1) is 9.25. The average molecular weight is 258 g/mol. The number of rotatable bonds is 7. The second kappa shape index (κ2) is 6.78. The van der Waals surface area contributed by atoms with Gasteiger partial charge in [0.15, 0.2) is 0 Å². The Bertz CT molecular complexity index is 548. The lowest BCUT2D eigenvalue weighted by Crippen LogP contribution is -1.99. The zero-order chi connectivity index (χ0) is 13.5. The van der Waals surface area contributed by atoms with Crippen LogP contribution in [0.5, 0.6) is 5.75 Å². The molecule has 1 N–H and O–H groups in total. The van der Waals surface area contributed by atoms with Crippen LogP contribution in [0, 0.1) is 0 Å². The van der Waals surface area contributed by atoms with Gasteiger partial charge in [-0.1, -0.05) is 30.3 Å². The molecule has 2 rings (SSSR count). The topological polar surface area (TPSA) is 46.5 Å². The zero-order valence-electron chi connectivity index (χ0n) is 10.8. The fourth-order valence-electron chi connectivity index (χ4n) is 2.00. The molecule has 0 aromatic heterocycles. The summed E-state index contributed by atoms with van der Waals surface area (Å²) >= 11 is 0. The number of carboxylic acids is 1. The van der Waals surface area contributed by atoms with E-state index in [0.29, 0.717) is 6.61 Å². The highest BCUT2D eigenvalue weighted by Crippen LogP contribution is 2.20. The van der Waals surface area contributed by atoms with Gasteiger partial charge in [-0.25, -0.2) is 0 Å². The van der Waals surface area contributed by atoms with E-state index < -0.39 is 5.97 Å². The largest absolute Gasteiger partial charge is 0.494 e. The van der Waals surface area contributed by atoms with Gasteiger partial charge in [-0.15, -0.1) is 0 Å². The maximum Gasteiger partial charge on any atom is 0.303 e. The number of hydrogen-bond acceptors (Lipinski definition) is 2. The van der Waals surface area contributed by atoms with Crippen molar-refractivity contribution in [3.63, 3.8) is 0 Å². The lowest BCUT2D eigenvalue weighted by molar-refractivity contribution is -0.137. The average Bonchev–Trinajstić information content (AvgIpc) is 2.42. The van der Waals surface area contributed by atoms with Crippen molar-refractivity contribution in [2.45, 2.75) is 25.7 Å². The zero-order valence-corrected chi connectivity index (χ0v) is 10.8. The first kappa shape index (κ1) is 13.4. The van der Waals surface area contributed by atoms with Crippen LogP contribution in [-0.4, -0.2) is 17.7 Å². The van der Waals surface area contributed by atoms with Crippen molar-refractivity contribution in [3.8, 4) is 5.75 Å². The van der Waals surface area contributed by atoms with E-state index in [4.69, 9.17) is 9.84 Å². The van der Waals surface area contributed by atoms with Gasteiger partial charge in [0.1, 0.15) is 5.75 Å². The Morgan fingerprint density at radius 1 is 1.00 bits per heavy atom. The Morgan fingerprint density at radius 2 is 1.79 bits per heavy atom. The molecule has 19 heavy (non-hydrogen) atoms.